The van der Waals surface area contributed by atoms with Crippen LogP contribution in [0.3, 0.4) is 0 Å². The molecule has 11 heteroatoms. The number of carbonyl (C=O) groups excluding carboxylic acids is 1. The summed E-state index contributed by atoms with van der Waals surface area (Å²) in [7, 11) is 0. The van der Waals surface area contributed by atoms with Crippen molar-refractivity contribution >= 4 is 5.91 Å². The third-order valence-electron chi connectivity index (χ3n) is 15.3. The van der Waals surface area contributed by atoms with Gasteiger partial charge in [0.25, 0.3) is 0 Å². The zero-order chi connectivity index (χ0) is 55.4. The maximum absolute atomic E-state index is 13.2. The van der Waals surface area contributed by atoms with Crippen molar-refractivity contribution in [1.82, 2.24) is 5.32 Å². The van der Waals surface area contributed by atoms with Gasteiger partial charge in [-0.15, -0.1) is 0 Å². The molecular formula is C65H121NO10. The Labute approximate surface area is 466 Å². The highest BCUT2D eigenvalue weighted by atomic mass is 16.7. The van der Waals surface area contributed by atoms with Crippen LogP contribution in [-0.4, -0.2) is 110 Å². The molecule has 1 saturated heterocycles. The summed E-state index contributed by atoms with van der Waals surface area (Å²) in [4.78, 5) is 13.2. The molecule has 9 unspecified atom stereocenters. The van der Waals surface area contributed by atoms with Gasteiger partial charge in [0.1, 0.15) is 36.6 Å². The lowest BCUT2D eigenvalue weighted by atomic mass is 9.98. The van der Waals surface area contributed by atoms with E-state index in [0.717, 1.165) is 44.9 Å². The first kappa shape index (κ1) is 72.1. The SMILES string of the molecule is CCCCCCCCCC/C=C/CC/C=C/CC/C=C/CCCC(O)C(O)C(COC1OC(CO)C(O)C(O)C1O)NC(=O)C(O)CCCCCCCCCCCCCC/C=C\CCCCCCCCCCCCCC. The average molecular weight is 1080 g/mol. The van der Waals surface area contributed by atoms with E-state index in [9.17, 15) is 40.5 Å². The Morgan fingerprint density at radius 1 is 0.447 bits per heavy atom. The first-order valence-electron chi connectivity index (χ1n) is 32.0. The predicted octanol–water partition coefficient (Wildman–Crippen LogP) is 14.4. The molecule has 8 N–H and O–H groups in total. The molecule has 11 nitrogen and oxygen atoms in total. The zero-order valence-corrected chi connectivity index (χ0v) is 49.0. The predicted molar refractivity (Wildman–Crippen MR) is 316 cm³/mol. The molecule has 1 rings (SSSR count). The fraction of sp³-hybridized carbons (Fsp3) is 0.862. The third kappa shape index (κ3) is 41.1. The minimum Gasteiger partial charge on any atom is -0.394 e. The van der Waals surface area contributed by atoms with Gasteiger partial charge < -0.3 is 50.5 Å². The number of nitrogens with one attached hydrogen (secondary N) is 1. The van der Waals surface area contributed by atoms with Gasteiger partial charge in [-0.1, -0.05) is 249 Å². The molecule has 0 aromatic rings. The third-order valence-corrected chi connectivity index (χ3v) is 15.3. The van der Waals surface area contributed by atoms with E-state index in [4.69, 9.17) is 9.47 Å². The molecule has 446 valence electrons. The number of rotatable bonds is 55. The summed E-state index contributed by atoms with van der Waals surface area (Å²) < 4.78 is 11.1. The fourth-order valence-electron chi connectivity index (χ4n) is 10.1. The Morgan fingerprint density at radius 3 is 1.17 bits per heavy atom. The molecule has 0 saturated carbocycles. The molecule has 0 bridgehead atoms. The van der Waals surface area contributed by atoms with Crippen molar-refractivity contribution in [3.05, 3.63) is 48.6 Å². The normalized spacial score (nSPS) is 19.9. The Balaban J connectivity index is 2.28. The minimum absolute atomic E-state index is 0.241. The number of unbranched alkanes of at least 4 members (excludes halogenated alkanes) is 35. The number of carbonyl (C=O) groups is 1. The minimum atomic E-state index is -1.67. The van der Waals surface area contributed by atoms with Crippen LogP contribution in [0.25, 0.3) is 0 Å². The van der Waals surface area contributed by atoms with E-state index in [2.05, 4.69) is 67.8 Å². The van der Waals surface area contributed by atoms with Gasteiger partial charge in [-0.3, -0.25) is 4.79 Å². The Bertz CT molecular complexity index is 1370. The number of allylic oxidation sites excluding steroid dienone is 8. The van der Waals surface area contributed by atoms with Crippen molar-refractivity contribution in [2.75, 3.05) is 13.2 Å². The highest BCUT2D eigenvalue weighted by Crippen LogP contribution is 2.23. The summed E-state index contributed by atoms with van der Waals surface area (Å²) in [6.45, 7) is 3.46. The molecule has 0 spiro atoms. The highest BCUT2D eigenvalue weighted by Gasteiger charge is 2.44. The van der Waals surface area contributed by atoms with Crippen molar-refractivity contribution in [2.24, 2.45) is 0 Å². The molecule has 0 aliphatic carbocycles. The van der Waals surface area contributed by atoms with E-state index in [1.807, 2.05) is 0 Å². The largest absolute Gasteiger partial charge is 0.394 e. The number of hydrogen-bond acceptors (Lipinski definition) is 10. The maximum atomic E-state index is 13.2. The first-order valence-corrected chi connectivity index (χ1v) is 32.0. The van der Waals surface area contributed by atoms with E-state index >= 15 is 0 Å². The molecule has 0 radical (unpaired) electrons. The van der Waals surface area contributed by atoms with E-state index < -0.39 is 74.2 Å². The van der Waals surface area contributed by atoms with Crippen molar-refractivity contribution in [2.45, 2.75) is 345 Å². The molecule has 1 aliphatic heterocycles. The van der Waals surface area contributed by atoms with Gasteiger partial charge in [0.15, 0.2) is 6.29 Å². The van der Waals surface area contributed by atoms with Gasteiger partial charge >= 0.3 is 0 Å². The average Bonchev–Trinajstić information content (AvgIpc) is 3.42. The van der Waals surface area contributed by atoms with Crippen LogP contribution in [0.4, 0.5) is 0 Å². The van der Waals surface area contributed by atoms with Crippen molar-refractivity contribution < 1.29 is 50.0 Å². The summed E-state index contributed by atoms with van der Waals surface area (Å²) in [6, 6.07) is -1.20. The Morgan fingerprint density at radius 2 is 0.789 bits per heavy atom. The number of ether oxygens (including phenoxy) is 2. The van der Waals surface area contributed by atoms with Crippen molar-refractivity contribution in [1.29, 1.82) is 0 Å². The van der Waals surface area contributed by atoms with E-state index in [0.29, 0.717) is 19.3 Å². The van der Waals surface area contributed by atoms with Crippen LogP contribution in [0.1, 0.15) is 290 Å². The summed E-state index contributed by atoms with van der Waals surface area (Å²) in [5.41, 5.74) is 0. The van der Waals surface area contributed by atoms with E-state index in [-0.39, 0.29) is 12.8 Å². The van der Waals surface area contributed by atoms with Gasteiger partial charge in [0.2, 0.25) is 5.91 Å². The maximum Gasteiger partial charge on any atom is 0.249 e. The topological polar surface area (TPSA) is 189 Å². The summed E-state index contributed by atoms with van der Waals surface area (Å²) in [5, 5.41) is 76.3. The van der Waals surface area contributed by atoms with Gasteiger partial charge in [0.05, 0.1) is 25.4 Å². The van der Waals surface area contributed by atoms with Crippen LogP contribution in [0.2, 0.25) is 0 Å². The molecule has 0 aromatic heterocycles. The monoisotopic (exact) mass is 1080 g/mol. The van der Waals surface area contributed by atoms with E-state index in [1.165, 1.54) is 199 Å². The summed E-state index contributed by atoms with van der Waals surface area (Å²) in [5.74, 6) is -0.710. The number of aliphatic hydroxyl groups excluding tert-OH is 7. The lowest BCUT2D eigenvalue weighted by molar-refractivity contribution is -0.303. The molecular weight excluding hydrogens is 955 g/mol. The fourth-order valence-corrected chi connectivity index (χ4v) is 10.1. The molecule has 9 atom stereocenters. The number of aliphatic hydroxyl groups is 7. The Kier molecular flexibility index (Phi) is 50.9. The van der Waals surface area contributed by atoms with Crippen LogP contribution < -0.4 is 5.32 Å². The lowest BCUT2D eigenvalue weighted by Crippen LogP contribution is -2.60. The van der Waals surface area contributed by atoms with Gasteiger partial charge in [-0.25, -0.2) is 0 Å². The van der Waals surface area contributed by atoms with Crippen LogP contribution in [-0.2, 0) is 14.3 Å². The second-order valence-corrected chi connectivity index (χ2v) is 22.5. The summed E-state index contributed by atoms with van der Waals surface area (Å²) >= 11 is 0. The molecule has 1 fully saturated rings. The molecule has 76 heavy (non-hydrogen) atoms. The summed E-state index contributed by atoms with van der Waals surface area (Å²) in [6.07, 6.45) is 57.5. The second-order valence-electron chi connectivity index (χ2n) is 22.5. The quantitative estimate of drug-likeness (QED) is 0.0215. The highest BCUT2D eigenvalue weighted by molar-refractivity contribution is 5.80. The lowest BCUT2D eigenvalue weighted by Gasteiger charge is -2.40. The second kappa shape index (κ2) is 53.7. The molecule has 1 heterocycles. The zero-order valence-electron chi connectivity index (χ0n) is 49.0. The van der Waals surface area contributed by atoms with Crippen LogP contribution in [0.5, 0.6) is 0 Å². The van der Waals surface area contributed by atoms with Crippen LogP contribution >= 0.6 is 0 Å². The smallest absolute Gasteiger partial charge is 0.249 e. The van der Waals surface area contributed by atoms with Gasteiger partial charge in [-0.2, -0.15) is 0 Å². The standard InChI is InChI=1S/C65H121NO10/c1-3-5-7-9-11-13-15-17-19-21-23-25-26-27-28-29-30-31-33-35-37-39-41-43-45-47-49-51-53-58(69)64(74)66-56(55-75-65-63(73)62(72)61(71)59(54-67)76-65)60(70)57(68)52-50-48-46-44-42-40-38-36-34-32-24-22-20-18-16-14-12-10-8-6-4-2/h22,24,27-28,36,38,44,46,56-63,65,67-73H,3-21,23,25-26,29-35,37,39-43,45,47-55H2,1-2H3,(H,66,74)/b24-22+,28-27-,38-36+,46-44+. The number of amides is 1. The molecule has 1 aliphatic rings. The first-order chi connectivity index (χ1) is 37.2. The molecule has 1 amide bonds. The van der Waals surface area contributed by atoms with Crippen molar-refractivity contribution in [3.8, 4) is 0 Å². The van der Waals surface area contributed by atoms with Gasteiger partial charge in [-0.05, 0) is 89.9 Å². The van der Waals surface area contributed by atoms with E-state index in [1.54, 1.807) is 0 Å². The van der Waals surface area contributed by atoms with Gasteiger partial charge in [0, 0.05) is 0 Å². The Hall–Kier alpha value is -1.93. The van der Waals surface area contributed by atoms with Crippen LogP contribution in [0.15, 0.2) is 48.6 Å². The number of hydrogen-bond donors (Lipinski definition) is 8. The van der Waals surface area contributed by atoms with Crippen molar-refractivity contribution in [3.63, 3.8) is 0 Å². The van der Waals surface area contributed by atoms with Crippen LogP contribution in [0, 0.1) is 0 Å². The molecule has 0 aromatic carbocycles.